The maximum atomic E-state index is 13.8. The van der Waals surface area contributed by atoms with Gasteiger partial charge in [0, 0.05) is 33.1 Å². The Morgan fingerprint density at radius 1 is 1.30 bits per heavy atom. The minimum atomic E-state index is -4.37. The molecule has 0 bridgehead atoms. The van der Waals surface area contributed by atoms with E-state index in [0.717, 1.165) is 25.7 Å². The maximum absolute atomic E-state index is 13.8. The molecule has 0 spiro atoms. The van der Waals surface area contributed by atoms with Gasteiger partial charge in [-0.3, -0.25) is 0 Å². The van der Waals surface area contributed by atoms with E-state index < -0.39 is 11.7 Å². The number of aromatic nitrogens is 1. The van der Waals surface area contributed by atoms with Crippen LogP contribution in [0.25, 0.3) is 10.9 Å². The summed E-state index contributed by atoms with van der Waals surface area (Å²) in [6.45, 7) is 6.12. The molecule has 0 saturated heterocycles. The van der Waals surface area contributed by atoms with Crippen LogP contribution in [0.4, 0.5) is 13.2 Å². The van der Waals surface area contributed by atoms with Crippen molar-refractivity contribution in [2.45, 2.75) is 64.1 Å². The first-order valence-electron chi connectivity index (χ1n) is 8.08. The molecule has 0 aliphatic carbocycles. The fraction of sp³-hybridized carbons (Fsp3) is 0.556. The van der Waals surface area contributed by atoms with Crippen LogP contribution in [0.15, 0.2) is 18.2 Å². The van der Waals surface area contributed by atoms with Crippen molar-refractivity contribution in [1.29, 1.82) is 0 Å². The third-order valence-corrected chi connectivity index (χ3v) is 5.13. The molecular formula is C18H21ClF3N. The van der Waals surface area contributed by atoms with E-state index in [-0.39, 0.29) is 16.8 Å². The van der Waals surface area contributed by atoms with E-state index >= 15 is 0 Å². The summed E-state index contributed by atoms with van der Waals surface area (Å²) in [5, 5.41) is 0.574. The van der Waals surface area contributed by atoms with Crippen molar-refractivity contribution in [1.82, 2.24) is 4.57 Å². The zero-order chi connectivity index (χ0) is 17.0. The smallest absolute Gasteiger partial charge is 0.338 e. The van der Waals surface area contributed by atoms with E-state index in [1.54, 1.807) is 12.1 Å². The number of fused-ring (bicyclic) bond motifs is 3. The average molecular weight is 344 g/mol. The molecule has 1 aromatic heterocycles. The molecule has 1 unspecified atom stereocenters. The molecule has 0 amide bonds. The van der Waals surface area contributed by atoms with Crippen molar-refractivity contribution in [3.63, 3.8) is 0 Å². The second kappa shape index (κ2) is 5.44. The van der Waals surface area contributed by atoms with Crippen LogP contribution in [0.2, 0.25) is 5.02 Å². The van der Waals surface area contributed by atoms with E-state index in [9.17, 15) is 13.2 Å². The molecule has 0 saturated carbocycles. The van der Waals surface area contributed by atoms with Crippen LogP contribution < -0.4 is 0 Å². The molecule has 2 heterocycles. The van der Waals surface area contributed by atoms with Crippen molar-refractivity contribution in [2.24, 2.45) is 0 Å². The summed E-state index contributed by atoms with van der Waals surface area (Å²) in [5.41, 5.74) is 0.291. The fourth-order valence-corrected chi connectivity index (χ4v) is 4.27. The van der Waals surface area contributed by atoms with Gasteiger partial charge in [0.1, 0.15) is 0 Å². The van der Waals surface area contributed by atoms with Crippen LogP contribution in [0.1, 0.15) is 63.6 Å². The molecule has 1 aliphatic rings. The number of halogens is 4. The third kappa shape index (κ3) is 2.65. The summed E-state index contributed by atoms with van der Waals surface area (Å²) < 4.78 is 43.4. The quantitative estimate of drug-likeness (QED) is 0.582. The van der Waals surface area contributed by atoms with Gasteiger partial charge < -0.3 is 4.57 Å². The molecule has 2 aromatic rings. The van der Waals surface area contributed by atoms with Crippen molar-refractivity contribution in [2.75, 3.05) is 0 Å². The zero-order valence-electron chi connectivity index (χ0n) is 13.6. The lowest BCUT2D eigenvalue weighted by molar-refractivity contribution is -0.137. The number of nitrogens with zero attached hydrogens (tertiary/aromatic N) is 1. The van der Waals surface area contributed by atoms with Crippen LogP contribution in [-0.2, 0) is 11.7 Å². The van der Waals surface area contributed by atoms with Crippen molar-refractivity contribution < 1.29 is 13.2 Å². The minimum Gasteiger partial charge on any atom is -0.338 e. The molecule has 3 rings (SSSR count). The lowest BCUT2D eigenvalue weighted by atomic mass is 9.88. The summed E-state index contributed by atoms with van der Waals surface area (Å²) in [5.74, 6) is -0.0484. The van der Waals surface area contributed by atoms with Gasteiger partial charge in [-0.2, -0.15) is 13.2 Å². The first kappa shape index (κ1) is 16.7. The first-order chi connectivity index (χ1) is 10.7. The Bertz CT molecular complexity index is 743. The largest absolute Gasteiger partial charge is 0.418 e. The fourth-order valence-electron chi connectivity index (χ4n) is 4.10. The van der Waals surface area contributed by atoms with Crippen LogP contribution in [0.5, 0.6) is 0 Å². The Hall–Kier alpha value is -1.16. The summed E-state index contributed by atoms with van der Waals surface area (Å²) >= 11 is 5.98. The van der Waals surface area contributed by atoms with Gasteiger partial charge in [0.15, 0.2) is 0 Å². The normalized spacial score (nSPS) is 20.2. The number of hydrogen-bond acceptors (Lipinski definition) is 0. The molecule has 1 nitrogen and oxygen atoms in total. The Labute approximate surface area is 139 Å². The second-order valence-corrected chi connectivity index (χ2v) is 7.55. The Morgan fingerprint density at radius 2 is 2.00 bits per heavy atom. The predicted octanol–water partition coefficient (Wildman–Crippen LogP) is 6.73. The molecule has 23 heavy (non-hydrogen) atoms. The van der Waals surface area contributed by atoms with E-state index in [1.165, 1.54) is 6.07 Å². The number of alkyl halides is 3. The predicted molar refractivity (Wildman–Crippen MR) is 88.2 cm³/mol. The van der Waals surface area contributed by atoms with Crippen molar-refractivity contribution in [3.8, 4) is 0 Å². The lowest BCUT2D eigenvalue weighted by Gasteiger charge is -2.23. The molecule has 1 aromatic carbocycles. The van der Waals surface area contributed by atoms with E-state index in [2.05, 4.69) is 6.92 Å². The molecule has 1 atom stereocenters. The minimum absolute atomic E-state index is 0.0484. The van der Waals surface area contributed by atoms with Crippen LogP contribution >= 0.6 is 11.6 Å². The summed E-state index contributed by atoms with van der Waals surface area (Å²) in [6, 6.07) is 4.85. The summed E-state index contributed by atoms with van der Waals surface area (Å²) in [4.78, 5) is 0. The molecule has 0 N–H and O–H groups in total. The summed E-state index contributed by atoms with van der Waals surface area (Å²) in [6.07, 6.45) is -0.879. The monoisotopic (exact) mass is 343 g/mol. The van der Waals surface area contributed by atoms with Crippen molar-refractivity contribution in [3.05, 3.63) is 34.5 Å². The van der Waals surface area contributed by atoms with E-state index in [0.29, 0.717) is 16.2 Å². The molecule has 0 radical (unpaired) electrons. The van der Waals surface area contributed by atoms with E-state index in [1.807, 2.05) is 18.4 Å². The zero-order valence-corrected chi connectivity index (χ0v) is 14.4. The summed E-state index contributed by atoms with van der Waals surface area (Å²) in [7, 11) is 0. The second-order valence-electron chi connectivity index (χ2n) is 7.11. The van der Waals surface area contributed by atoms with Crippen molar-refractivity contribution >= 4 is 22.5 Å². The van der Waals surface area contributed by atoms with Gasteiger partial charge in [0.05, 0.1) is 5.56 Å². The Morgan fingerprint density at radius 3 is 2.61 bits per heavy atom. The van der Waals surface area contributed by atoms with Gasteiger partial charge >= 0.3 is 6.18 Å². The van der Waals surface area contributed by atoms with Gasteiger partial charge in [-0.15, -0.1) is 0 Å². The molecular weight excluding hydrogens is 323 g/mol. The number of unbranched alkanes of at least 4 members (excludes halogenated alkanes) is 1. The van der Waals surface area contributed by atoms with Gasteiger partial charge in [0.25, 0.3) is 0 Å². The topological polar surface area (TPSA) is 4.93 Å². The van der Waals surface area contributed by atoms with Crippen LogP contribution in [0.3, 0.4) is 0 Å². The highest BCUT2D eigenvalue weighted by Gasteiger charge is 2.47. The Balaban J connectivity index is 2.33. The number of benzene rings is 1. The first-order valence-corrected chi connectivity index (χ1v) is 8.46. The number of hydrogen-bond donors (Lipinski definition) is 0. The van der Waals surface area contributed by atoms with Crippen LogP contribution in [-0.4, -0.2) is 4.57 Å². The van der Waals surface area contributed by atoms with Gasteiger partial charge in [-0.05, 0) is 44.9 Å². The van der Waals surface area contributed by atoms with Gasteiger partial charge in [-0.1, -0.05) is 31.4 Å². The van der Waals surface area contributed by atoms with Crippen LogP contribution in [0, 0.1) is 0 Å². The molecule has 1 aliphatic heterocycles. The van der Waals surface area contributed by atoms with Gasteiger partial charge in [0.2, 0.25) is 0 Å². The Kier molecular flexibility index (Phi) is 3.95. The standard InChI is InChI=1S/C18H21ClF3N/c1-4-5-6-11-10-17(2,3)23-14-8-7-12(19)9-13(14)15(16(11)23)18(20,21)22/h7-9,11H,4-6,10H2,1-3H3. The highest BCUT2D eigenvalue weighted by Crippen LogP contribution is 2.52. The lowest BCUT2D eigenvalue weighted by Crippen LogP contribution is -2.21. The van der Waals surface area contributed by atoms with Gasteiger partial charge in [-0.25, -0.2) is 0 Å². The molecule has 0 fully saturated rings. The highest BCUT2D eigenvalue weighted by atomic mass is 35.5. The van der Waals surface area contributed by atoms with E-state index in [4.69, 9.17) is 11.6 Å². The maximum Gasteiger partial charge on any atom is 0.418 e. The number of rotatable bonds is 3. The average Bonchev–Trinajstić information content (AvgIpc) is 2.89. The third-order valence-electron chi connectivity index (χ3n) is 4.89. The highest BCUT2D eigenvalue weighted by molar-refractivity contribution is 6.31. The molecule has 126 valence electrons. The SMILES string of the molecule is CCCCC1CC(C)(C)n2c1c(C(F)(F)F)c1cc(Cl)ccc12. The molecule has 5 heteroatoms.